The molecular weight excluding hydrogens is 286 g/mol. The molecule has 2 aromatic rings. The van der Waals surface area contributed by atoms with Gasteiger partial charge in [0.25, 0.3) is 0 Å². The van der Waals surface area contributed by atoms with Crippen molar-refractivity contribution in [2.75, 3.05) is 25.6 Å². The second-order valence-corrected chi connectivity index (χ2v) is 4.85. The summed E-state index contributed by atoms with van der Waals surface area (Å²) in [4.78, 5) is 4.96. The number of aromatic nitrogens is 1. The molecule has 0 aliphatic rings. The fourth-order valence-electron chi connectivity index (χ4n) is 1.61. The smallest absolute Gasteiger partial charge is 0.387 e. The molecule has 1 aromatic carbocycles. The van der Waals surface area contributed by atoms with Gasteiger partial charge in [0.15, 0.2) is 5.13 Å². The first-order valence-corrected chi connectivity index (χ1v) is 6.75. The lowest BCUT2D eigenvalue weighted by Gasteiger charge is -2.08. The third kappa shape index (κ3) is 3.88. The molecule has 0 atom stereocenters. The quantitative estimate of drug-likeness (QED) is 0.795. The number of anilines is 1. The third-order valence-corrected chi connectivity index (χ3v) is 3.45. The van der Waals surface area contributed by atoms with Crippen molar-refractivity contribution in [3.05, 3.63) is 30.5 Å². The first-order chi connectivity index (χ1) is 9.70. The number of halogens is 2. The van der Waals surface area contributed by atoms with E-state index in [4.69, 9.17) is 4.74 Å². The van der Waals surface area contributed by atoms with E-state index in [1.54, 1.807) is 31.5 Å². The van der Waals surface area contributed by atoms with Gasteiger partial charge in [-0.2, -0.15) is 8.78 Å². The Kier molecular flexibility index (Phi) is 5.25. The summed E-state index contributed by atoms with van der Waals surface area (Å²) in [6, 6.07) is 6.66. The summed E-state index contributed by atoms with van der Waals surface area (Å²) in [5.41, 5.74) is 0.602. The van der Waals surface area contributed by atoms with E-state index in [0.29, 0.717) is 23.8 Å². The zero-order chi connectivity index (χ0) is 14.4. The second kappa shape index (κ2) is 7.16. The lowest BCUT2D eigenvalue weighted by atomic mass is 10.2. The lowest BCUT2D eigenvalue weighted by molar-refractivity contribution is -0.0494. The Balaban J connectivity index is 2.15. The summed E-state index contributed by atoms with van der Waals surface area (Å²) in [5.74, 6) is 0.148. The number of ether oxygens (including phenoxy) is 2. The van der Waals surface area contributed by atoms with Crippen molar-refractivity contribution in [2.45, 2.75) is 6.61 Å². The van der Waals surface area contributed by atoms with Crippen molar-refractivity contribution in [1.29, 1.82) is 0 Å². The molecular formula is C13H14F2N2O2S. The highest BCUT2D eigenvalue weighted by molar-refractivity contribution is 7.18. The number of hydrogen-bond acceptors (Lipinski definition) is 5. The minimum absolute atomic E-state index is 0.148. The van der Waals surface area contributed by atoms with Crippen molar-refractivity contribution in [1.82, 2.24) is 4.98 Å². The molecule has 0 radical (unpaired) electrons. The Hall–Kier alpha value is -1.73. The van der Waals surface area contributed by atoms with E-state index in [1.165, 1.54) is 17.4 Å². The molecule has 1 N–H and O–H groups in total. The minimum atomic E-state index is -2.84. The van der Waals surface area contributed by atoms with Gasteiger partial charge in [0.05, 0.1) is 11.5 Å². The van der Waals surface area contributed by atoms with Crippen LogP contribution in [0.3, 0.4) is 0 Å². The molecule has 1 aromatic heterocycles. The van der Waals surface area contributed by atoms with Gasteiger partial charge >= 0.3 is 6.61 Å². The number of benzene rings is 1. The Bertz CT molecular complexity index is 549. The van der Waals surface area contributed by atoms with E-state index in [-0.39, 0.29) is 5.75 Å². The molecule has 0 aliphatic carbocycles. The molecule has 0 saturated heterocycles. The number of rotatable bonds is 7. The molecule has 4 nitrogen and oxygen atoms in total. The summed E-state index contributed by atoms with van der Waals surface area (Å²) in [6.07, 6.45) is 1.63. The number of hydrogen-bond donors (Lipinski definition) is 1. The first-order valence-electron chi connectivity index (χ1n) is 5.93. The van der Waals surface area contributed by atoms with Crippen LogP contribution in [0, 0.1) is 0 Å². The Morgan fingerprint density at radius 3 is 2.90 bits per heavy atom. The van der Waals surface area contributed by atoms with E-state index in [1.807, 2.05) is 0 Å². The van der Waals surface area contributed by atoms with Crippen LogP contribution in [-0.2, 0) is 4.74 Å². The first kappa shape index (κ1) is 14.7. The van der Waals surface area contributed by atoms with Crippen LogP contribution in [0.2, 0.25) is 0 Å². The molecule has 108 valence electrons. The van der Waals surface area contributed by atoms with E-state index < -0.39 is 6.61 Å². The van der Waals surface area contributed by atoms with Crippen molar-refractivity contribution in [3.63, 3.8) is 0 Å². The normalized spacial score (nSPS) is 10.8. The SMILES string of the molecule is COCCNc1ncc(-c2ccccc2OC(F)F)s1. The topological polar surface area (TPSA) is 43.4 Å². The molecule has 0 fully saturated rings. The van der Waals surface area contributed by atoms with Crippen LogP contribution < -0.4 is 10.1 Å². The van der Waals surface area contributed by atoms with Gasteiger partial charge in [-0.3, -0.25) is 0 Å². The van der Waals surface area contributed by atoms with Gasteiger partial charge in [-0.05, 0) is 12.1 Å². The fourth-order valence-corrected chi connectivity index (χ4v) is 2.48. The zero-order valence-electron chi connectivity index (χ0n) is 10.8. The van der Waals surface area contributed by atoms with Crippen molar-refractivity contribution in [2.24, 2.45) is 0 Å². The largest absolute Gasteiger partial charge is 0.434 e. The van der Waals surface area contributed by atoms with Crippen molar-refractivity contribution in [3.8, 4) is 16.2 Å². The van der Waals surface area contributed by atoms with Gasteiger partial charge in [-0.15, -0.1) is 0 Å². The molecule has 2 rings (SSSR count). The average Bonchev–Trinajstić information content (AvgIpc) is 2.88. The summed E-state index contributed by atoms with van der Waals surface area (Å²) >= 11 is 1.37. The molecule has 1 heterocycles. The summed E-state index contributed by atoms with van der Waals surface area (Å²) in [6.45, 7) is -1.64. The number of para-hydroxylation sites is 1. The van der Waals surface area contributed by atoms with Crippen LogP contribution in [0.1, 0.15) is 0 Å². The maximum atomic E-state index is 12.4. The van der Waals surface area contributed by atoms with Gasteiger partial charge in [0, 0.05) is 25.4 Å². The number of methoxy groups -OCH3 is 1. The Labute approximate surface area is 119 Å². The lowest BCUT2D eigenvalue weighted by Crippen LogP contribution is -2.06. The van der Waals surface area contributed by atoms with E-state index in [2.05, 4.69) is 15.0 Å². The maximum Gasteiger partial charge on any atom is 0.387 e. The highest BCUT2D eigenvalue weighted by Crippen LogP contribution is 2.35. The third-order valence-electron chi connectivity index (χ3n) is 2.46. The number of nitrogens with zero attached hydrogens (tertiary/aromatic N) is 1. The van der Waals surface area contributed by atoms with Gasteiger partial charge in [0.1, 0.15) is 5.75 Å². The number of alkyl halides is 2. The zero-order valence-corrected chi connectivity index (χ0v) is 11.6. The summed E-state index contributed by atoms with van der Waals surface area (Å²) in [7, 11) is 1.62. The maximum absolute atomic E-state index is 12.4. The van der Waals surface area contributed by atoms with Crippen molar-refractivity contribution >= 4 is 16.5 Å². The van der Waals surface area contributed by atoms with Gasteiger partial charge in [-0.25, -0.2) is 4.98 Å². The number of nitrogens with one attached hydrogen (secondary N) is 1. The van der Waals surface area contributed by atoms with Crippen LogP contribution in [0.5, 0.6) is 5.75 Å². The molecule has 0 amide bonds. The predicted octanol–water partition coefficient (Wildman–Crippen LogP) is 3.47. The summed E-state index contributed by atoms with van der Waals surface area (Å²) in [5, 5.41) is 3.80. The fraction of sp³-hybridized carbons (Fsp3) is 0.308. The molecule has 0 saturated carbocycles. The minimum Gasteiger partial charge on any atom is -0.434 e. The summed E-state index contributed by atoms with van der Waals surface area (Å²) < 4.78 is 34.2. The highest BCUT2D eigenvalue weighted by atomic mass is 32.1. The van der Waals surface area contributed by atoms with E-state index in [0.717, 1.165) is 4.88 Å². The molecule has 0 unspecified atom stereocenters. The van der Waals surface area contributed by atoms with Crippen molar-refractivity contribution < 1.29 is 18.3 Å². The standard InChI is InChI=1S/C13H14F2N2O2S/c1-18-7-6-16-13-17-8-11(20-13)9-4-2-3-5-10(9)19-12(14)15/h2-5,8,12H,6-7H2,1H3,(H,16,17). The molecule has 0 spiro atoms. The second-order valence-electron chi connectivity index (χ2n) is 3.82. The molecule has 0 aliphatic heterocycles. The van der Waals surface area contributed by atoms with Crippen LogP contribution in [0.15, 0.2) is 30.5 Å². The Morgan fingerprint density at radius 1 is 1.35 bits per heavy atom. The highest BCUT2D eigenvalue weighted by Gasteiger charge is 2.13. The monoisotopic (exact) mass is 300 g/mol. The van der Waals surface area contributed by atoms with E-state index in [9.17, 15) is 8.78 Å². The van der Waals surface area contributed by atoms with Gasteiger partial charge in [-0.1, -0.05) is 23.5 Å². The van der Waals surface area contributed by atoms with Crippen LogP contribution >= 0.6 is 11.3 Å². The van der Waals surface area contributed by atoms with E-state index >= 15 is 0 Å². The van der Waals surface area contributed by atoms with Gasteiger partial charge < -0.3 is 14.8 Å². The Morgan fingerprint density at radius 2 is 2.15 bits per heavy atom. The predicted molar refractivity (Wildman–Crippen MR) is 74.5 cm³/mol. The van der Waals surface area contributed by atoms with Crippen LogP contribution in [-0.4, -0.2) is 31.9 Å². The molecule has 7 heteroatoms. The van der Waals surface area contributed by atoms with Crippen LogP contribution in [0.25, 0.3) is 10.4 Å². The van der Waals surface area contributed by atoms with Crippen LogP contribution in [0.4, 0.5) is 13.9 Å². The number of thiazole rings is 1. The molecule has 0 bridgehead atoms. The van der Waals surface area contributed by atoms with Gasteiger partial charge in [0.2, 0.25) is 0 Å². The molecule has 20 heavy (non-hydrogen) atoms. The average molecular weight is 300 g/mol.